The highest BCUT2D eigenvalue weighted by Crippen LogP contribution is 2.22. The topological polar surface area (TPSA) is 66.5 Å². The summed E-state index contributed by atoms with van der Waals surface area (Å²) in [6, 6.07) is 13.8. The van der Waals surface area contributed by atoms with E-state index in [4.69, 9.17) is 0 Å². The molecular weight excluding hydrogens is 404 g/mol. The van der Waals surface area contributed by atoms with Crippen LogP contribution >= 0.6 is 15.9 Å². The third-order valence-electron chi connectivity index (χ3n) is 4.14. The molecule has 1 saturated heterocycles. The molecule has 0 spiro atoms. The number of ketones is 1. The number of nitrogens with one attached hydrogen (secondary N) is 1. The molecule has 0 bridgehead atoms. The first-order valence-electron chi connectivity index (χ1n) is 8.10. The maximum atomic E-state index is 12.6. The van der Waals surface area contributed by atoms with Crippen LogP contribution in [0, 0.1) is 0 Å². The van der Waals surface area contributed by atoms with Crippen LogP contribution in [0.15, 0.2) is 57.9 Å². The Balaban J connectivity index is 1.73. The summed E-state index contributed by atoms with van der Waals surface area (Å²) >= 11 is 3.38. The molecule has 0 atom stereocenters. The maximum absolute atomic E-state index is 12.6. The zero-order valence-corrected chi connectivity index (χ0v) is 16.0. The standard InChI is InChI=1S/C18H19BrN2O3S/c19-15-6-4-7-16(12-15)20-13-18(22)14-5-3-8-17(11-14)25(23,24)21-9-1-2-10-21/h3-8,11-12,20H,1-2,9-10,13H2. The SMILES string of the molecule is O=C(CNc1cccc(Br)c1)c1cccc(S(=O)(=O)N2CCCC2)c1. The molecule has 132 valence electrons. The van der Waals surface area contributed by atoms with Crippen molar-refractivity contribution < 1.29 is 13.2 Å². The summed E-state index contributed by atoms with van der Waals surface area (Å²) in [5.41, 5.74) is 1.21. The van der Waals surface area contributed by atoms with Gasteiger partial charge in [0, 0.05) is 28.8 Å². The van der Waals surface area contributed by atoms with E-state index in [0.717, 1.165) is 23.0 Å². The number of rotatable bonds is 6. The molecule has 7 heteroatoms. The van der Waals surface area contributed by atoms with Gasteiger partial charge in [-0.05, 0) is 43.2 Å². The monoisotopic (exact) mass is 422 g/mol. The third-order valence-corrected chi connectivity index (χ3v) is 6.52. The van der Waals surface area contributed by atoms with Crippen molar-refractivity contribution in [3.05, 3.63) is 58.6 Å². The van der Waals surface area contributed by atoms with E-state index in [2.05, 4.69) is 21.2 Å². The van der Waals surface area contributed by atoms with E-state index >= 15 is 0 Å². The van der Waals surface area contributed by atoms with Gasteiger partial charge in [0.2, 0.25) is 10.0 Å². The van der Waals surface area contributed by atoms with Crippen molar-refractivity contribution in [2.24, 2.45) is 0 Å². The van der Waals surface area contributed by atoms with Crippen molar-refractivity contribution in [1.29, 1.82) is 0 Å². The predicted molar refractivity (Wildman–Crippen MR) is 101 cm³/mol. The Morgan fingerprint density at radius 1 is 1.08 bits per heavy atom. The number of hydrogen-bond donors (Lipinski definition) is 1. The lowest BCUT2D eigenvalue weighted by Gasteiger charge is -2.16. The van der Waals surface area contributed by atoms with Crippen LogP contribution in [0.3, 0.4) is 0 Å². The van der Waals surface area contributed by atoms with Crippen molar-refractivity contribution in [3.63, 3.8) is 0 Å². The van der Waals surface area contributed by atoms with Gasteiger partial charge < -0.3 is 5.32 Å². The second-order valence-corrected chi connectivity index (χ2v) is 8.78. The van der Waals surface area contributed by atoms with E-state index in [1.54, 1.807) is 18.2 Å². The number of benzene rings is 2. The van der Waals surface area contributed by atoms with Crippen molar-refractivity contribution in [1.82, 2.24) is 4.31 Å². The molecule has 0 aliphatic carbocycles. The molecule has 0 amide bonds. The Morgan fingerprint density at radius 2 is 1.80 bits per heavy atom. The molecule has 1 aliphatic heterocycles. The van der Waals surface area contributed by atoms with Crippen molar-refractivity contribution in [2.75, 3.05) is 25.0 Å². The molecule has 25 heavy (non-hydrogen) atoms. The minimum absolute atomic E-state index is 0.101. The lowest BCUT2D eigenvalue weighted by Crippen LogP contribution is -2.28. The predicted octanol–water partition coefficient (Wildman–Crippen LogP) is 3.53. The number of carbonyl (C=O) groups excluding carboxylic acids is 1. The van der Waals surface area contributed by atoms with Gasteiger partial charge in [-0.15, -0.1) is 0 Å². The van der Waals surface area contributed by atoms with Crippen LogP contribution in [0.4, 0.5) is 5.69 Å². The van der Waals surface area contributed by atoms with Gasteiger partial charge >= 0.3 is 0 Å². The molecule has 0 unspecified atom stereocenters. The molecule has 1 fully saturated rings. The van der Waals surface area contributed by atoms with Crippen molar-refractivity contribution in [3.8, 4) is 0 Å². The Kier molecular flexibility index (Phi) is 5.56. The van der Waals surface area contributed by atoms with Gasteiger partial charge in [-0.25, -0.2) is 8.42 Å². The van der Waals surface area contributed by atoms with Crippen LogP contribution < -0.4 is 5.32 Å². The van der Waals surface area contributed by atoms with E-state index in [1.807, 2.05) is 24.3 Å². The Bertz CT molecular complexity index is 877. The molecule has 5 nitrogen and oxygen atoms in total. The van der Waals surface area contributed by atoms with Crippen LogP contribution in [0.1, 0.15) is 23.2 Å². The molecule has 1 N–H and O–H groups in total. The van der Waals surface area contributed by atoms with Gasteiger partial charge in [0.25, 0.3) is 0 Å². The fourth-order valence-corrected chi connectivity index (χ4v) is 4.75. The van der Waals surface area contributed by atoms with Crippen LogP contribution in [0.25, 0.3) is 0 Å². The van der Waals surface area contributed by atoms with Gasteiger partial charge in [0.1, 0.15) is 0 Å². The van der Waals surface area contributed by atoms with Crippen LogP contribution in [-0.4, -0.2) is 38.1 Å². The van der Waals surface area contributed by atoms with Gasteiger partial charge in [-0.1, -0.05) is 34.1 Å². The quantitative estimate of drug-likeness (QED) is 0.722. The van der Waals surface area contributed by atoms with E-state index in [0.29, 0.717) is 18.7 Å². The Morgan fingerprint density at radius 3 is 2.52 bits per heavy atom. The summed E-state index contributed by atoms with van der Waals surface area (Å²) in [5.74, 6) is -0.154. The third kappa shape index (κ3) is 4.29. The number of carbonyl (C=O) groups is 1. The molecule has 2 aromatic carbocycles. The Labute approximate surface area is 156 Å². The van der Waals surface area contributed by atoms with Gasteiger partial charge in [0.05, 0.1) is 11.4 Å². The van der Waals surface area contributed by atoms with Crippen LogP contribution in [0.2, 0.25) is 0 Å². The fraction of sp³-hybridized carbons (Fsp3) is 0.278. The van der Waals surface area contributed by atoms with Crippen LogP contribution in [-0.2, 0) is 10.0 Å². The summed E-state index contributed by atoms with van der Waals surface area (Å²) in [5, 5.41) is 3.06. The number of nitrogens with zero attached hydrogens (tertiary/aromatic N) is 1. The summed E-state index contributed by atoms with van der Waals surface area (Å²) in [6.07, 6.45) is 1.77. The zero-order valence-electron chi connectivity index (χ0n) is 13.6. The molecular formula is C18H19BrN2O3S. The second kappa shape index (κ2) is 7.68. The first-order valence-corrected chi connectivity index (χ1v) is 10.3. The smallest absolute Gasteiger partial charge is 0.243 e. The Hall–Kier alpha value is -1.70. The minimum atomic E-state index is -3.51. The highest BCUT2D eigenvalue weighted by Gasteiger charge is 2.27. The van der Waals surface area contributed by atoms with Gasteiger partial charge in [-0.2, -0.15) is 4.31 Å². The average Bonchev–Trinajstić information content (AvgIpc) is 3.15. The van der Waals surface area contributed by atoms with E-state index in [1.165, 1.54) is 10.4 Å². The summed E-state index contributed by atoms with van der Waals surface area (Å²) in [6.45, 7) is 1.19. The molecule has 2 aromatic rings. The maximum Gasteiger partial charge on any atom is 0.243 e. The number of Topliss-reactive ketones (excluding diaryl/α,β-unsaturated/α-hetero) is 1. The number of hydrogen-bond acceptors (Lipinski definition) is 4. The highest BCUT2D eigenvalue weighted by molar-refractivity contribution is 9.10. The molecule has 0 saturated carbocycles. The molecule has 1 aliphatic rings. The molecule has 1 heterocycles. The fourth-order valence-electron chi connectivity index (χ4n) is 2.79. The number of anilines is 1. The zero-order chi connectivity index (χ0) is 17.9. The van der Waals surface area contributed by atoms with Gasteiger partial charge in [0.15, 0.2) is 5.78 Å². The van der Waals surface area contributed by atoms with E-state index < -0.39 is 10.0 Å². The summed E-state index contributed by atoms with van der Waals surface area (Å²) in [7, 11) is -3.51. The normalized spacial score (nSPS) is 15.2. The lowest BCUT2D eigenvalue weighted by molar-refractivity contribution is 0.101. The van der Waals surface area contributed by atoms with Crippen molar-refractivity contribution in [2.45, 2.75) is 17.7 Å². The average molecular weight is 423 g/mol. The summed E-state index contributed by atoms with van der Waals surface area (Å²) in [4.78, 5) is 12.6. The molecule has 0 aromatic heterocycles. The molecule has 0 radical (unpaired) electrons. The second-order valence-electron chi connectivity index (χ2n) is 5.93. The molecule has 3 rings (SSSR count). The lowest BCUT2D eigenvalue weighted by atomic mass is 10.1. The van der Waals surface area contributed by atoms with E-state index in [-0.39, 0.29) is 17.2 Å². The number of halogens is 1. The highest BCUT2D eigenvalue weighted by atomic mass is 79.9. The minimum Gasteiger partial charge on any atom is -0.378 e. The van der Waals surface area contributed by atoms with Crippen molar-refractivity contribution >= 4 is 37.4 Å². The largest absolute Gasteiger partial charge is 0.378 e. The van der Waals surface area contributed by atoms with Crippen LogP contribution in [0.5, 0.6) is 0 Å². The van der Waals surface area contributed by atoms with E-state index in [9.17, 15) is 13.2 Å². The first-order chi connectivity index (χ1) is 12.0. The van der Waals surface area contributed by atoms with Gasteiger partial charge in [-0.3, -0.25) is 4.79 Å². The first kappa shape index (κ1) is 18.1. The number of sulfonamides is 1. The summed E-state index contributed by atoms with van der Waals surface area (Å²) < 4.78 is 27.6.